The molecule has 194 valence electrons. The van der Waals surface area contributed by atoms with Crippen LogP contribution < -0.4 is 0 Å². The van der Waals surface area contributed by atoms with Crippen LogP contribution in [0.4, 0.5) is 0 Å². The lowest BCUT2D eigenvalue weighted by atomic mass is 10.0. The second kappa shape index (κ2) is 24.6. The van der Waals surface area contributed by atoms with Crippen molar-refractivity contribution in [2.75, 3.05) is 0 Å². The maximum atomic E-state index is 6.47. The van der Waals surface area contributed by atoms with Crippen LogP contribution in [0.15, 0.2) is 0 Å². The molecule has 32 heavy (non-hydrogen) atoms. The molecule has 0 aliphatic rings. The topological polar surface area (TPSA) is 0 Å². The van der Waals surface area contributed by atoms with Crippen LogP contribution in [-0.4, -0.2) is 7.38 Å². The molecule has 0 aromatic heterocycles. The van der Waals surface area contributed by atoms with Crippen LogP contribution in [0.1, 0.15) is 168 Å². The van der Waals surface area contributed by atoms with Crippen molar-refractivity contribution in [3.05, 3.63) is 0 Å². The summed E-state index contributed by atoms with van der Waals surface area (Å²) in [7, 11) is -1.37. The average molecular weight is 487 g/mol. The van der Waals surface area contributed by atoms with E-state index in [0.717, 1.165) is 5.92 Å². The summed E-state index contributed by atoms with van der Waals surface area (Å²) in [5.74, 6) is 0.837. The molecular formula is C30H63ClSi. The second-order valence-electron chi connectivity index (χ2n) is 11.6. The van der Waals surface area contributed by atoms with Crippen molar-refractivity contribution >= 4 is 18.5 Å². The predicted octanol–water partition coefficient (Wildman–Crippen LogP) is 12.4. The number of halogens is 1. The fourth-order valence-electron chi connectivity index (χ4n) is 5.21. The SMILES string of the molecule is CCCCCCCCCCCCCCCCCCCCCCCCCC(C)C[Si](C)(C)Cl. The van der Waals surface area contributed by atoms with E-state index in [1.54, 1.807) is 0 Å². The van der Waals surface area contributed by atoms with Gasteiger partial charge in [0.25, 0.3) is 0 Å². The first kappa shape index (κ1) is 32.5. The van der Waals surface area contributed by atoms with Crippen LogP contribution >= 0.6 is 11.1 Å². The lowest BCUT2D eigenvalue weighted by Crippen LogP contribution is -2.19. The zero-order valence-electron chi connectivity index (χ0n) is 23.1. The summed E-state index contributed by atoms with van der Waals surface area (Å²) in [5, 5.41) is 0. The average Bonchev–Trinajstić information content (AvgIpc) is 2.73. The Morgan fingerprint density at radius 2 is 0.719 bits per heavy atom. The van der Waals surface area contributed by atoms with Gasteiger partial charge in [-0.25, -0.2) is 0 Å². The minimum Gasteiger partial charge on any atom is -0.168 e. The van der Waals surface area contributed by atoms with Gasteiger partial charge in [-0.05, 0) is 12.0 Å². The third-order valence-corrected chi connectivity index (χ3v) is 9.26. The van der Waals surface area contributed by atoms with Crippen molar-refractivity contribution in [3.8, 4) is 0 Å². The molecule has 1 atom stereocenters. The number of hydrogen-bond acceptors (Lipinski definition) is 0. The monoisotopic (exact) mass is 486 g/mol. The fraction of sp³-hybridized carbons (Fsp3) is 1.00. The van der Waals surface area contributed by atoms with E-state index in [0.29, 0.717) is 0 Å². The van der Waals surface area contributed by atoms with E-state index in [-0.39, 0.29) is 0 Å². The van der Waals surface area contributed by atoms with Crippen LogP contribution in [0.3, 0.4) is 0 Å². The van der Waals surface area contributed by atoms with Gasteiger partial charge in [0.1, 0.15) is 0 Å². The molecule has 0 fully saturated rings. The van der Waals surface area contributed by atoms with E-state index in [1.807, 2.05) is 0 Å². The maximum Gasteiger partial charge on any atom is 0.150 e. The van der Waals surface area contributed by atoms with Crippen LogP contribution in [0.2, 0.25) is 19.1 Å². The Bertz CT molecular complexity index is 349. The van der Waals surface area contributed by atoms with Crippen LogP contribution in [0.5, 0.6) is 0 Å². The molecule has 0 rings (SSSR count). The van der Waals surface area contributed by atoms with Gasteiger partial charge in [0.2, 0.25) is 0 Å². The van der Waals surface area contributed by atoms with Gasteiger partial charge in [-0.15, -0.1) is 0 Å². The van der Waals surface area contributed by atoms with Gasteiger partial charge in [-0.2, -0.15) is 11.1 Å². The van der Waals surface area contributed by atoms with Crippen molar-refractivity contribution in [2.24, 2.45) is 5.92 Å². The van der Waals surface area contributed by atoms with Gasteiger partial charge in [0, 0.05) is 0 Å². The van der Waals surface area contributed by atoms with Gasteiger partial charge in [-0.3, -0.25) is 0 Å². The number of rotatable bonds is 26. The first-order chi connectivity index (χ1) is 15.5. The summed E-state index contributed by atoms with van der Waals surface area (Å²) in [6.07, 6.45) is 35.1. The van der Waals surface area contributed by atoms with Crippen LogP contribution in [0.25, 0.3) is 0 Å². The highest BCUT2D eigenvalue weighted by Gasteiger charge is 2.20. The molecule has 0 bridgehead atoms. The maximum absolute atomic E-state index is 6.47. The van der Waals surface area contributed by atoms with E-state index in [4.69, 9.17) is 11.1 Å². The van der Waals surface area contributed by atoms with Crippen molar-refractivity contribution in [1.82, 2.24) is 0 Å². The Labute approximate surface area is 211 Å². The summed E-state index contributed by atoms with van der Waals surface area (Å²) < 4.78 is 0. The van der Waals surface area contributed by atoms with E-state index >= 15 is 0 Å². The molecular weight excluding hydrogens is 424 g/mol. The Hall–Kier alpha value is 0.507. The standard InChI is InChI=1S/C30H63ClSi/c1-5-6-7-8-9-10-11-12-13-14-15-16-17-18-19-20-21-22-23-24-25-26-27-28-30(2)29-32(3,4)31/h30H,5-29H2,1-4H3. The highest BCUT2D eigenvalue weighted by Crippen LogP contribution is 2.24. The van der Waals surface area contributed by atoms with Gasteiger partial charge in [0.15, 0.2) is 7.38 Å². The van der Waals surface area contributed by atoms with Gasteiger partial charge in [0.05, 0.1) is 0 Å². The molecule has 0 nitrogen and oxygen atoms in total. The summed E-state index contributed by atoms with van der Waals surface area (Å²) in [4.78, 5) is 0. The normalized spacial score (nSPS) is 13.0. The Kier molecular flexibility index (Phi) is 25.0. The predicted molar refractivity (Wildman–Crippen MR) is 154 cm³/mol. The molecule has 0 aliphatic carbocycles. The van der Waals surface area contributed by atoms with Crippen LogP contribution in [0, 0.1) is 5.92 Å². The molecule has 0 spiro atoms. The molecule has 0 heterocycles. The smallest absolute Gasteiger partial charge is 0.150 e. The van der Waals surface area contributed by atoms with Crippen LogP contribution in [-0.2, 0) is 0 Å². The largest absolute Gasteiger partial charge is 0.168 e. The van der Waals surface area contributed by atoms with E-state index in [2.05, 4.69) is 26.9 Å². The molecule has 2 heteroatoms. The first-order valence-corrected chi connectivity index (χ1v) is 19.4. The summed E-state index contributed by atoms with van der Waals surface area (Å²) in [6.45, 7) is 9.27. The summed E-state index contributed by atoms with van der Waals surface area (Å²) in [5.41, 5.74) is 0. The summed E-state index contributed by atoms with van der Waals surface area (Å²) >= 11 is 6.47. The molecule has 0 aliphatic heterocycles. The minimum atomic E-state index is -1.37. The van der Waals surface area contributed by atoms with E-state index in [9.17, 15) is 0 Å². The van der Waals surface area contributed by atoms with E-state index < -0.39 is 7.38 Å². The third-order valence-electron chi connectivity index (χ3n) is 7.13. The Morgan fingerprint density at radius 1 is 0.469 bits per heavy atom. The fourth-order valence-corrected chi connectivity index (χ4v) is 7.86. The molecule has 0 aromatic carbocycles. The third kappa shape index (κ3) is 28.5. The molecule has 0 saturated carbocycles. The van der Waals surface area contributed by atoms with Gasteiger partial charge >= 0.3 is 0 Å². The minimum absolute atomic E-state index is 0.837. The Morgan fingerprint density at radius 3 is 0.969 bits per heavy atom. The van der Waals surface area contributed by atoms with Gasteiger partial charge < -0.3 is 0 Å². The van der Waals surface area contributed by atoms with Gasteiger partial charge in [-0.1, -0.05) is 181 Å². The molecule has 0 amide bonds. The molecule has 0 radical (unpaired) electrons. The number of unbranched alkanes of at least 4 members (excludes halogenated alkanes) is 22. The zero-order chi connectivity index (χ0) is 23.8. The second-order valence-corrected chi connectivity index (χ2v) is 18.5. The van der Waals surface area contributed by atoms with E-state index in [1.165, 1.54) is 160 Å². The molecule has 1 unspecified atom stereocenters. The van der Waals surface area contributed by atoms with Crippen molar-refractivity contribution < 1.29 is 0 Å². The molecule has 0 saturated heterocycles. The molecule has 0 aromatic rings. The highest BCUT2D eigenvalue weighted by molar-refractivity contribution is 7.19. The van der Waals surface area contributed by atoms with Crippen molar-refractivity contribution in [3.63, 3.8) is 0 Å². The summed E-state index contributed by atoms with van der Waals surface area (Å²) in [6, 6.07) is 1.29. The molecule has 0 N–H and O–H groups in total. The lowest BCUT2D eigenvalue weighted by molar-refractivity contribution is 0.499. The quantitative estimate of drug-likeness (QED) is 0.0647. The van der Waals surface area contributed by atoms with Crippen molar-refractivity contribution in [2.45, 2.75) is 187 Å². The number of hydrogen-bond donors (Lipinski definition) is 0. The Balaban J connectivity index is 3.09. The van der Waals surface area contributed by atoms with Crippen molar-refractivity contribution in [1.29, 1.82) is 0 Å². The zero-order valence-corrected chi connectivity index (χ0v) is 24.9. The first-order valence-electron chi connectivity index (χ1n) is 15.1. The lowest BCUT2D eigenvalue weighted by Gasteiger charge is -2.18. The highest BCUT2D eigenvalue weighted by atomic mass is 35.6.